The van der Waals surface area contributed by atoms with Crippen LogP contribution in [0.25, 0.3) is 0 Å². The number of halogens is 1. The van der Waals surface area contributed by atoms with E-state index < -0.39 is 0 Å². The van der Waals surface area contributed by atoms with Crippen LogP contribution in [0.4, 0.5) is 0 Å². The quantitative estimate of drug-likeness (QED) is 0.694. The van der Waals surface area contributed by atoms with Crippen LogP contribution in [-0.4, -0.2) is 28.3 Å². The first-order valence-corrected chi connectivity index (χ1v) is 8.94. The first kappa shape index (κ1) is 16.5. The van der Waals surface area contributed by atoms with Crippen molar-refractivity contribution in [1.82, 2.24) is 9.88 Å². The van der Waals surface area contributed by atoms with Crippen LogP contribution in [0.3, 0.4) is 0 Å². The predicted octanol–water partition coefficient (Wildman–Crippen LogP) is 4.14. The van der Waals surface area contributed by atoms with E-state index in [1.807, 2.05) is 18.5 Å². The molecule has 1 aromatic rings. The Bertz CT molecular complexity index is 449. The Morgan fingerprint density at radius 2 is 2.14 bits per heavy atom. The van der Waals surface area contributed by atoms with E-state index in [-0.39, 0.29) is 0 Å². The summed E-state index contributed by atoms with van der Waals surface area (Å²) in [6.45, 7) is 2.82. The van der Waals surface area contributed by atoms with E-state index >= 15 is 0 Å². The molecule has 3 nitrogen and oxygen atoms in total. The minimum absolute atomic E-state index is 0.385. The van der Waals surface area contributed by atoms with Crippen molar-refractivity contribution < 1.29 is 0 Å². The third-order valence-electron chi connectivity index (χ3n) is 4.43. The molecule has 114 valence electrons. The Labute approximate surface area is 136 Å². The van der Waals surface area contributed by atoms with Gasteiger partial charge < -0.3 is 0 Å². The van der Waals surface area contributed by atoms with Crippen molar-refractivity contribution in [1.29, 1.82) is 5.26 Å². The first-order valence-electron chi connectivity index (χ1n) is 7.82. The van der Waals surface area contributed by atoms with Crippen molar-refractivity contribution in [2.75, 3.05) is 18.4 Å². The van der Waals surface area contributed by atoms with Crippen LogP contribution in [-0.2, 0) is 6.54 Å². The van der Waals surface area contributed by atoms with Crippen LogP contribution in [0.15, 0.2) is 24.5 Å². The molecule has 0 spiro atoms. The number of nitriles is 1. The molecule has 0 saturated heterocycles. The van der Waals surface area contributed by atoms with E-state index in [2.05, 4.69) is 37.9 Å². The van der Waals surface area contributed by atoms with Gasteiger partial charge in [0, 0.05) is 43.8 Å². The van der Waals surface area contributed by atoms with Gasteiger partial charge in [-0.1, -0.05) is 41.3 Å². The summed E-state index contributed by atoms with van der Waals surface area (Å²) < 4.78 is 0. The SMILES string of the molecule is N#CCCN(Cc1cccnc1)CC1(CBr)CCCCC1. The van der Waals surface area contributed by atoms with Gasteiger partial charge in [0.25, 0.3) is 0 Å². The fraction of sp³-hybridized carbons (Fsp3) is 0.647. The maximum Gasteiger partial charge on any atom is 0.0635 e. The molecule has 1 fully saturated rings. The lowest BCUT2D eigenvalue weighted by Gasteiger charge is -2.40. The van der Waals surface area contributed by atoms with E-state index in [0.29, 0.717) is 11.8 Å². The number of hydrogen-bond acceptors (Lipinski definition) is 3. The van der Waals surface area contributed by atoms with E-state index in [0.717, 1.165) is 25.0 Å². The summed E-state index contributed by atoms with van der Waals surface area (Å²) in [5, 5.41) is 9.98. The molecule has 1 aromatic heterocycles. The maximum atomic E-state index is 8.91. The Kier molecular flexibility index (Phi) is 6.66. The zero-order valence-electron chi connectivity index (χ0n) is 12.6. The molecule has 0 aromatic carbocycles. The van der Waals surface area contributed by atoms with Gasteiger partial charge in [-0.2, -0.15) is 5.26 Å². The molecule has 21 heavy (non-hydrogen) atoms. The Hall–Kier alpha value is -0.920. The highest BCUT2D eigenvalue weighted by atomic mass is 79.9. The van der Waals surface area contributed by atoms with E-state index in [9.17, 15) is 0 Å². The molecule has 0 aliphatic heterocycles. The average Bonchev–Trinajstić information content (AvgIpc) is 2.54. The number of aromatic nitrogens is 1. The van der Waals surface area contributed by atoms with Gasteiger partial charge in [0.15, 0.2) is 0 Å². The molecule has 1 aliphatic carbocycles. The molecule has 4 heteroatoms. The summed E-state index contributed by atoms with van der Waals surface area (Å²) in [6.07, 6.45) is 11.0. The van der Waals surface area contributed by atoms with Gasteiger partial charge in [-0.3, -0.25) is 9.88 Å². The zero-order valence-corrected chi connectivity index (χ0v) is 14.2. The van der Waals surface area contributed by atoms with Crippen LogP contribution in [0.5, 0.6) is 0 Å². The fourth-order valence-corrected chi connectivity index (χ4v) is 4.02. The Morgan fingerprint density at radius 1 is 1.33 bits per heavy atom. The normalized spacial score (nSPS) is 17.6. The summed E-state index contributed by atoms with van der Waals surface area (Å²) in [5.41, 5.74) is 1.62. The summed E-state index contributed by atoms with van der Waals surface area (Å²) in [5.74, 6) is 0. The molecular weight excluding hydrogens is 326 g/mol. The van der Waals surface area contributed by atoms with Gasteiger partial charge in [-0.05, 0) is 29.9 Å². The number of pyridine rings is 1. The molecular formula is C17H24BrN3. The minimum Gasteiger partial charge on any atom is -0.297 e. The van der Waals surface area contributed by atoms with Crippen molar-refractivity contribution in [3.05, 3.63) is 30.1 Å². The van der Waals surface area contributed by atoms with Crippen LogP contribution in [0.2, 0.25) is 0 Å². The summed E-state index contributed by atoms with van der Waals surface area (Å²) in [7, 11) is 0. The molecule has 0 bridgehead atoms. The largest absolute Gasteiger partial charge is 0.297 e. The monoisotopic (exact) mass is 349 g/mol. The van der Waals surface area contributed by atoms with Crippen molar-refractivity contribution in [2.45, 2.75) is 45.1 Å². The molecule has 1 saturated carbocycles. The van der Waals surface area contributed by atoms with Crippen molar-refractivity contribution in [2.24, 2.45) is 5.41 Å². The number of rotatable bonds is 7. The molecule has 0 N–H and O–H groups in total. The lowest BCUT2D eigenvalue weighted by molar-refractivity contribution is 0.123. The third-order valence-corrected chi connectivity index (χ3v) is 5.62. The van der Waals surface area contributed by atoms with Gasteiger partial charge >= 0.3 is 0 Å². The summed E-state index contributed by atoms with van der Waals surface area (Å²) >= 11 is 3.75. The van der Waals surface area contributed by atoms with Crippen molar-refractivity contribution >= 4 is 15.9 Å². The third kappa shape index (κ3) is 5.09. The number of alkyl halides is 1. The lowest BCUT2D eigenvalue weighted by Crippen LogP contribution is -2.40. The van der Waals surface area contributed by atoms with E-state index in [4.69, 9.17) is 5.26 Å². The Balaban J connectivity index is 2.02. The predicted molar refractivity (Wildman–Crippen MR) is 89.1 cm³/mol. The fourth-order valence-electron chi connectivity index (χ4n) is 3.28. The second kappa shape index (κ2) is 8.51. The number of nitrogens with zero attached hydrogens (tertiary/aromatic N) is 3. The molecule has 0 amide bonds. The molecule has 0 atom stereocenters. The van der Waals surface area contributed by atoms with Crippen LogP contribution in [0, 0.1) is 16.7 Å². The summed E-state index contributed by atoms with van der Waals surface area (Å²) in [6, 6.07) is 6.39. The van der Waals surface area contributed by atoms with Crippen molar-refractivity contribution in [3.63, 3.8) is 0 Å². The first-order chi connectivity index (χ1) is 10.3. The molecule has 1 aliphatic rings. The van der Waals surface area contributed by atoms with Gasteiger partial charge in [0.2, 0.25) is 0 Å². The minimum atomic E-state index is 0.385. The van der Waals surface area contributed by atoms with Gasteiger partial charge in [-0.15, -0.1) is 0 Å². The average molecular weight is 350 g/mol. The Morgan fingerprint density at radius 3 is 2.76 bits per heavy atom. The molecule has 1 heterocycles. The topological polar surface area (TPSA) is 39.9 Å². The molecule has 0 unspecified atom stereocenters. The van der Waals surface area contributed by atoms with E-state index in [1.165, 1.54) is 37.7 Å². The van der Waals surface area contributed by atoms with Crippen LogP contribution >= 0.6 is 15.9 Å². The highest BCUT2D eigenvalue weighted by molar-refractivity contribution is 9.09. The van der Waals surface area contributed by atoms with Crippen LogP contribution in [0.1, 0.15) is 44.1 Å². The van der Waals surface area contributed by atoms with Crippen LogP contribution < -0.4 is 0 Å². The van der Waals surface area contributed by atoms with Crippen molar-refractivity contribution in [3.8, 4) is 6.07 Å². The highest BCUT2D eigenvalue weighted by Gasteiger charge is 2.32. The zero-order chi connectivity index (χ0) is 15.0. The molecule has 2 rings (SSSR count). The lowest BCUT2D eigenvalue weighted by atomic mass is 9.75. The molecule has 0 radical (unpaired) electrons. The second-order valence-electron chi connectivity index (χ2n) is 6.17. The second-order valence-corrected chi connectivity index (χ2v) is 6.74. The maximum absolute atomic E-state index is 8.91. The standard InChI is InChI=1S/C17H24BrN3/c18-14-17(7-2-1-3-8-17)15-21(11-5-9-19)13-16-6-4-10-20-12-16/h4,6,10,12H,1-3,5,7-8,11,13-15H2. The van der Waals surface area contributed by atoms with Gasteiger partial charge in [0.1, 0.15) is 0 Å². The number of hydrogen-bond donors (Lipinski definition) is 0. The van der Waals surface area contributed by atoms with Gasteiger partial charge in [0.05, 0.1) is 6.07 Å². The van der Waals surface area contributed by atoms with Gasteiger partial charge in [-0.25, -0.2) is 0 Å². The summed E-state index contributed by atoms with van der Waals surface area (Å²) in [4.78, 5) is 6.64. The van der Waals surface area contributed by atoms with E-state index in [1.54, 1.807) is 0 Å². The smallest absolute Gasteiger partial charge is 0.0635 e. The highest BCUT2D eigenvalue weighted by Crippen LogP contribution is 2.38.